The maximum Gasteiger partial charge on any atom is 0.402 e. The first kappa shape index (κ1) is 10.9. The smallest absolute Gasteiger partial charge is 0.242 e. The largest absolute Gasteiger partial charge is 0.402 e. The Morgan fingerprint density at radius 1 is 1.46 bits per heavy atom. The van der Waals surface area contributed by atoms with Crippen LogP contribution in [0, 0.1) is 0 Å². The van der Waals surface area contributed by atoms with Gasteiger partial charge in [-0.05, 0) is 6.92 Å². The van der Waals surface area contributed by atoms with Gasteiger partial charge in [0.1, 0.15) is 6.61 Å². The van der Waals surface area contributed by atoms with Crippen molar-refractivity contribution >= 4 is 20.5 Å². The number of rotatable bonds is 2. The minimum Gasteiger partial charge on any atom is -0.242 e. The average molecular weight is 232 g/mol. The molecule has 1 atom stereocenters. The molecule has 1 aliphatic rings. The Hall–Kier alpha value is -0.220. The topological polar surface area (TPSA) is 96.0 Å². The van der Waals surface area contributed by atoms with Gasteiger partial charge in [0.25, 0.3) is 10.1 Å². The second-order valence-electron chi connectivity index (χ2n) is 2.68. The fourth-order valence-electron chi connectivity index (χ4n) is 0.801. The Morgan fingerprint density at radius 3 is 2.31 bits per heavy atom. The lowest BCUT2D eigenvalue weighted by molar-refractivity contribution is -0.0747. The van der Waals surface area contributed by atoms with Crippen molar-refractivity contribution in [2.24, 2.45) is 0 Å². The summed E-state index contributed by atoms with van der Waals surface area (Å²) in [4.78, 5) is 0. The maximum absolute atomic E-state index is 10.7. The number of hydrogen-bond donors (Lipinski definition) is 0. The van der Waals surface area contributed by atoms with E-state index in [1.807, 2.05) is 0 Å². The van der Waals surface area contributed by atoms with Crippen LogP contribution in [0.5, 0.6) is 0 Å². The molecule has 1 fully saturated rings. The van der Waals surface area contributed by atoms with Crippen LogP contribution in [0.3, 0.4) is 0 Å². The third kappa shape index (κ3) is 3.19. The Kier molecular flexibility index (Phi) is 2.41. The molecule has 0 amide bonds. The van der Waals surface area contributed by atoms with Gasteiger partial charge in [0.2, 0.25) is 5.79 Å². The molecule has 7 nitrogen and oxygen atoms in total. The van der Waals surface area contributed by atoms with Crippen molar-refractivity contribution in [2.75, 3.05) is 12.9 Å². The van der Waals surface area contributed by atoms with Crippen LogP contribution in [-0.4, -0.2) is 35.5 Å². The van der Waals surface area contributed by atoms with E-state index in [-0.39, 0.29) is 0 Å². The molecule has 0 spiro atoms. The highest BCUT2D eigenvalue weighted by molar-refractivity contribution is 7.86. The van der Waals surface area contributed by atoms with E-state index in [9.17, 15) is 16.8 Å². The van der Waals surface area contributed by atoms with Crippen molar-refractivity contribution in [2.45, 2.75) is 12.7 Å². The van der Waals surface area contributed by atoms with Gasteiger partial charge in [-0.3, -0.25) is 0 Å². The molecule has 0 bridgehead atoms. The van der Waals surface area contributed by atoms with Crippen LogP contribution in [0.1, 0.15) is 6.92 Å². The predicted molar refractivity (Wildman–Crippen MR) is 40.3 cm³/mol. The lowest BCUT2D eigenvalue weighted by Crippen LogP contribution is -2.33. The Morgan fingerprint density at radius 2 is 2.00 bits per heavy atom. The Labute approximate surface area is 76.0 Å². The predicted octanol–water partition coefficient (Wildman–Crippen LogP) is -1.03. The van der Waals surface area contributed by atoms with Crippen LogP contribution in [0.4, 0.5) is 0 Å². The molecular weight excluding hydrogens is 224 g/mol. The van der Waals surface area contributed by atoms with Crippen molar-refractivity contribution in [1.82, 2.24) is 0 Å². The Balaban J connectivity index is 2.83. The second kappa shape index (κ2) is 2.89. The summed E-state index contributed by atoms with van der Waals surface area (Å²) in [5, 5.41) is 0. The zero-order valence-electron chi connectivity index (χ0n) is 6.88. The van der Waals surface area contributed by atoms with Gasteiger partial charge >= 0.3 is 10.4 Å². The second-order valence-corrected chi connectivity index (χ2v) is 5.47. The maximum atomic E-state index is 10.7. The summed E-state index contributed by atoms with van der Waals surface area (Å²) in [6.45, 7) is 0.668. The standard InChI is InChI=1S/C4H8O7S2/c1-4(10-12(2,5)6)3-9-13(7,8)11-4/h3H2,1-2H3. The summed E-state index contributed by atoms with van der Waals surface area (Å²) >= 11 is 0. The third-order valence-corrected chi connectivity index (χ3v) is 2.69. The molecule has 1 rings (SSSR count). The van der Waals surface area contributed by atoms with Gasteiger partial charge < -0.3 is 0 Å². The highest BCUT2D eigenvalue weighted by Gasteiger charge is 2.44. The van der Waals surface area contributed by atoms with E-state index >= 15 is 0 Å². The molecule has 1 heterocycles. The number of hydrogen-bond acceptors (Lipinski definition) is 7. The highest BCUT2D eigenvalue weighted by Crippen LogP contribution is 2.26. The van der Waals surface area contributed by atoms with Crippen LogP contribution in [0.15, 0.2) is 0 Å². The summed E-state index contributed by atoms with van der Waals surface area (Å²) < 4.78 is 55.3. The first-order valence-electron chi connectivity index (χ1n) is 3.13. The summed E-state index contributed by atoms with van der Waals surface area (Å²) in [5.41, 5.74) is 0. The van der Waals surface area contributed by atoms with Crippen molar-refractivity contribution in [3.05, 3.63) is 0 Å². The van der Waals surface area contributed by atoms with Crippen LogP contribution in [0.2, 0.25) is 0 Å². The van der Waals surface area contributed by atoms with Gasteiger partial charge in [-0.1, -0.05) is 0 Å². The molecule has 0 aromatic carbocycles. The van der Waals surface area contributed by atoms with Crippen LogP contribution < -0.4 is 0 Å². The molecular formula is C4H8O7S2. The van der Waals surface area contributed by atoms with E-state index in [1.54, 1.807) is 0 Å². The molecule has 0 aromatic rings. The van der Waals surface area contributed by atoms with Crippen molar-refractivity contribution < 1.29 is 29.4 Å². The normalized spacial score (nSPS) is 33.4. The van der Waals surface area contributed by atoms with E-state index in [0.717, 1.165) is 13.2 Å². The van der Waals surface area contributed by atoms with Gasteiger partial charge in [0.15, 0.2) is 0 Å². The van der Waals surface area contributed by atoms with Crippen molar-refractivity contribution in [3.8, 4) is 0 Å². The first-order valence-corrected chi connectivity index (χ1v) is 6.28. The summed E-state index contributed by atoms with van der Waals surface area (Å²) in [5.74, 6) is -1.79. The highest BCUT2D eigenvalue weighted by atomic mass is 32.3. The van der Waals surface area contributed by atoms with Gasteiger partial charge in [-0.2, -0.15) is 16.8 Å². The average Bonchev–Trinajstić information content (AvgIpc) is 2.00. The molecule has 1 unspecified atom stereocenters. The molecule has 78 valence electrons. The van der Waals surface area contributed by atoms with E-state index < -0.39 is 32.9 Å². The molecule has 0 aromatic heterocycles. The van der Waals surface area contributed by atoms with Gasteiger partial charge in [-0.15, -0.1) is 0 Å². The third-order valence-electron chi connectivity index (χ3n) is 1.07. The van der Waals surface area contributed by atoms with Crippen molar-refractivity contribution in [1.29, 1.82) is 0 Å². The Bertz CT molecular complexity index is 392. The van der Waals surface area contributed by atoms with Crippen molar-refractivity contribution in [3.63, 3.8) is 0 Å². The fourth-order valence-corrected chi connectivity index (χ4v) is 2.49. The van der Waals surface area contributed by atoms with E-state index in [0.29, 0.717) is 0 Å². The van der Waals surface area contributed by atoms with E-state index in [1.165, 1.54) is 0 Å². The molecule has 0 radical (unpaired) electrons. The zero-order chi connectivity index (χ0) is 10.3. The fraction of sp³-hybridized carbons (Fsp3) is 1.00. The SMILES string of the molecule is CC1(OS(C)(=O)=O)COS(=O)(=O)O1. The summed E-state index contributed by atoms with van der Waals surface area (Å²) in [6, 6.07) is 0. The van der Waals surface area contributed by atoms with E-state index in [4.69, 9.17) is 0 Å². The quantitative estimate of drug-likeness (QED) is 0.561. The zero-order valence-corrected chi connectivity index (χ0v) is 8.51. The first-order chi connectivity index (χ1) is 5.62. The summed E-state index contributed by atoms with van der Waals surface area (Å²) in [6.07, 6.45) is 0.784. The summed E-state index contributed by atoms with van der Waals surface area (Å²) in [7, 11) is -7.90. The molecule has 0 aliphatic carbocycles. The van der Waals surface area contributed by atoms with E-state index in [2.05, 4.69) is 12.5 Å². The van der Waals surface area contributed by atoms with Gasteiger partial charge in [0.05, 0.1) is 6.26 Å². The lowest BCUT2D eigenvalue weighted by Gasteiger charge is -2.16. The van der Waals surface area contributed by atoms with Gasteiger partial charge in [-0.25, -0.2) is 12.5 Å². The molecule has 9 heteroatoms. The van der Waals surface area contributed by atoms with Crippen LogP contribution >= 0.6 is 0 Å². The molecule has 1 saturated heterocycles. The molecule has 0 saturated carbocycles. The van der Waals surface area contributed by atoms with Crippen LogP contribution in [0.25, 0.3) is 0 Å². The minimum atomic E-state index is -4.12. The molecule has 13 heavy (non-hydrogen) atoms. The molecule has 0 N–H and O–H groups in total. The molecule has 1 aliphatic heterocycles. The minimum absolute atomic E-state index is 0.484. The van der Waals surface area contributed by atoms with Gasteiger partial charge in [0, 0.05) is 0 Å². The van der Waals surface area contributed by atoms with Crippen LogP contribution in [-0.2, 0) is 33.1 Å². The monoisotopic (exact) mass is 232 g/mol. The lowest BCUT2D eigenvalue weighted by atomic mass is 10.4.